The monoisotopic (exact) mass is 227 g/mol. The Morgan fingerprint density at radius 2 is 2.06 bits per heavy atom. The summed E-state index contributed by atoms with van der Waals surface area (Å²) in [5.74, 6) is 3.13. The minimum atomic E-state index is -0.453. The van der Waals surface area contributed by atoms with Crippen LogP contribution in [-0.2, 0) is 4.74 Å². The van der Waals surface area contributed by atoms with E-state index in [1.807, 2.05) is 0 Å². The summed E-state index contributed by atoms with van der Waals surface area (Å²) in [6.45, 7) is 7.88. The van der Waals surface area contributed by atoms with Crippen molar-refractivity contribution in [2.24, 2.45) is 5.92 Å². The van der Waals surface area contributed by atoms with Gasteiger partial charge in [-0.1, -0.05) is 20.8 Å². The molecule has 0 radical (unpaired) electrons. The highest BCUT2D eigenvalue weighted by Crippen LogP contribution is 1.97. The Morgan fingerprint density at radius 3 is 2.56 bits per heavy atom. The highest BCUT2D eigenvalue weighted by molar-refractivity contribution is 4.89. The lowest BCUT2D eigenvalue weighted by Crippen LogP contribution is -2.37. The van der Waals surface area contributed by atoms with E-state index < -0.39 is 6.10 Å². The number of nitrogens with one attached hydrogen (secondary N) is 1. The van der Waals surface area contributed by atoms with E-state index in [1.165, 1.54) is 0 Å². The highest BCUT2D eigenvalue weighted by atomic mass is 16.5. The Bertz CT molecular complexity index is 199. The van der Waals surface area contributed by atoms with Gasteiger partial charge in [0.25, 0.3) is 0 Å². The second-order valence-corrected chi connectivity index (χ2v) is 4.51. The van der Waals surface area contributed by atoms with Gasteiger partial charge in [0.15, 0.2) is 0 Å². The largest absolute Gasteiger partial charge is 0.389 e. The Kier molecular flexibility index (Phi) is 9.31. The van der Waals surface area contributed by atoms with Crippen molar-refractivity contribution in [3.63, 3.8) is 0 Å². The lowest BCUT2D eigenvalue weighted by atomic mass is 10.1. The first kappa shape index (κ1) is 15.4. The number of hydrogen-bond acceptors (Lipinski definition) is 3. The third-order valence-corrected chi connectivity index (χ3v) is 2.26. The zero-order chi connectivity index (χ0) is 12.4. The first-order valence-electron chi connectivity index (χ1n) is 6.02. The molecule has 0 aliphatic rings. The minimum Gasteiger partial charge on any atom is -0.389 e. The molecule has 0 saturated heterocycles. The Hall–Kier alpha value is -0.560. The molecule has 0 aromatic heterocycles. The first-order valence-corrected chi connectivity index (χ1v) is 6.02. The summed E-state index contributed by atoms with van der Waals surface area (Å²) in [6.07, 6.45) is 6.47. The van der Waals surface area contributed by atoms with Crippen molar-refractivity contribution in [3.8, 4) is 12.3 Å². The summed E-state index contributed by atoms with van der Waals surface area (Å²) in [4.78, 5) is 0. The molecular formula is C13H25NO2. The molecule has 3 nitrogen and oxygen atoms in total. The molecule has 94 valence electrons. The van der Waals surface area contributed by atoms with Gasteiger partial charge in [0.2, 0.25) is 0 Å². The van der Waals surface area contributed by atoms with Gasteiger partial charge >= 0.3 is 0 Å². The topological polar surface area (TPSA) is 41.5 Å². The van der Waals surface area contributed by atoms with Crippen LogP contribution in [0.5, 0.6) is 0 Å². The van der Waals surface area contributed by atoms with E-state index in [2.05, 4.69) is 32.0 Å². The van der Waals surface area contributed by atoms with Gasteiger partial charge in [0, 0.05) is 25.6 Å². The summed E-state index contributed by atoms with van der Waals surface area (Å²) < 4.78 is 5.35. The van der Waals surface area contributed by atoms with Crippen molar-refractivity contribution in [1.82, 2.24) is 5.32 Å². The zero-order valence-corrected chi connectivity index (χ0v) is 10.7. The van der Waals surface area contributed by atoms with E-state index in [0.29, 0.717) is 38.1 Å². The molecule has 0 aliphatic carbocycles. The molecule has 0 saturated carbocycles. The van der Waals surface area contributed by atoms with Crippen molar-refractivity contribution in [3.05, 3.63) is 0 Å². The van der Waals surface area contributed by atoms with Crippen molar-refractivity contribution in [1.29, 1.82) is 0 Å². The molecule has 0 rings (SSSR count). The second-order valence-electron chi connectivity index (χ2n) is 4.51. The molecule has 0 fully saturated rings. The molecule has 0 amide bonds. The van der Waals surface area contributed by atoms with Crippen LogP contribution in [0.25, 0.3) is 0 Å². The van der Waals surface area contributed by atoms with Crippen LogP contribution in [0, 0.1) is 18.3 Å². The Labute approximate surface area is 99.6 Å². The van der Waals surface area contributed by atoms with Crippen LogP contribution in [0.15, 0.2) is 0 Å². The van der Waals surface area contributed by atoms with Gasteiger partial charge in [-0.25, -0.2) is 0 Å². The van der Waals surface area contributed by atoms with Crippen LogP contribution in [0.2, 0.25) is 0 Å². The SMILES string of the molecule is C#CCC(CC)NCC(O)COCC(C)C. The summed E-state index contributed by atoms with van der Waals surface area (Å²) in [6, 6.07) is 0.296. The average molecular weight is 227 g/mol. The van der Waals surface area contributed by atoms with E-state index in [-0.39, 0.29) is 0 Å². The van der Waals surface area contributed by atoms with Gasteiger partial charge in [-0.2, -0.15) is 0 Å². The molecule has 0 aliphatic heterocycles. The van der Waals surface area contributed by atoms with Gasteiger partial charge in [-0.15, -0.1) is 12.3 Å². The quantitative estimate of drug-likeness (QED) is 0.585. The number of ether oxygens (including phenoxy) is 1. The Morgan fingerprint density at radius 1 is 1.38 bits per heavy atom. The molecule has 2 unspecified atom stereocenters. The maximum atomic E-state index is 9.64. The second kappa shape index (κ2) is 9.65. The third kappa shape index (κ3) is 8.72. The fraction of sp³-hybridized carbons (Fsp3) is 0.846. The predicted molar refractivity (Wildman–Crippen MR) is 67.2 cm³/mol. The lowest BCUT2D eigenvalue weighted by molar-refractivity contribution is 0.0250. The van der Waals surface area contributed by atoms with Crippen molar-refractivity contribution < 1.29 is 9.84 Å². The molecule has 0 bridgehead atoms. The summed E-state index contributed by atoms with van der Waals surface area (Å²) in [5, 5.41) is 12.9. The average Bonchev–Trinajstić information content (AvgIpc) is 2.23. The molecule has 2 atom stereocenters. The van der Waals surface area contributed by atoms with Gasteiger partial charge in [-0.3, -0.25) is 0 Å². The number of rotatable bonds is 9. The predicted octanol–water partition coefficient (Wildman–Crippen LogP) is 1.41. The van der Waals surface area contributed by atoms with Gasteiger partial charge in [-0.05, 0) is 12.3 Å². The van der Waals surface area contributed by atoms with Crippen molar-refractivity contribution in [2.45, 2.75) is 45.8 Å². The summed E-state index contributed by atoms with van der Waals surface area (Å²) in [7, 11) is 0. The number of hydrogen-bond donors (Lipinski definition) is 2. The van der Waals surface area contributed by atoms with Crippen LogP contribution in [0.3, 0.4) is 0 Å². The highest BCUT2D eigenvalue weighted by Gasteiger charge is 2.08. The number of aliphatic hydroxyl groups is 1. The fourth-order valence-corrected chi connectivity index (χ4v) is 1.30. The summed E-state index contributed by atoms with van der Waals surface area (Å²) >= 11 is 0. The van der Waals surface area contributed by atoms with Crippen LogP contribution < -0.4 is 5.32 Å². The Balaban J connectivity index is 3.55. The van der Waals surface area contributed by atoms with E-state index in [4.69, 9.17) is 11.2 Å². The molecule has 0 aromatic rings. The van der Waals surface area contributed by atoms with Crippen LogP contribution in [0.4, 0.5) is 0 Å². The van der Waals surface area contributed by atoms with Crippen molar-refractivity contribution >= 4 is 0 Å². The molecule has 2 N–H and O–H groups in total. The lowest BCUT2D eigenvalue weighted by Gasteiger charge is -2.18. The standard InChI is InChI=1S/C13H25NO2/c1-5-7-12(6-2)14-8-13(15)10-16-9-11(3)4/h1,11-15H,6-10H2,2-4H3. The third-order valence-electron chi connectivity index (χ3n) is 2.26. The van der Waals surface area contributed by atoms with Crippen LogP contribution in [-0.4, -0.2) is 37.0 Å². The van der Waals surface area contributed by atoms with E-state index in [1.54, 1.807) is 0 Å². The minimum absolute atomic E-state index is 0.296. The van der Waals surface area contributed by atoms with E-state index >= 15 is 0 Å². The molecule has 16 heavy (non-hydrogen) atoms. The van der Waals surface area contributed by atoms with Gasteiger partial charge in [0.1, 0.15) is 0 Å². The summed E-state index contributed by atoms with van der Waals surface area (Å²) in [5.41, 5.74) is 0. The molecule has 0 spiro atoms. The van der Waals surface area contributed by atoms with Gasteiger partial charge in [0.05, 0.1) is 12.7 Å². The molecule has 3 heteroatoms. The van der Waals surface area contributed by atoms with Crippen molar-refractivity contribution in [2.75, 3.05) is 19.8 Å². The number of terminal acetylenes is 1. The normalized spacial score (nSPS) is 14.8. The van der Waals surface area contributed by atoms with Crippen LogP contribution in [0.1, 0.15) is 33.6 Å². The smallest absolute Gasteiger partial charge is 0.0897 e. The van der Waals surface area contributed by atoms with Gasteiger partial charge < -0.3 is 15.2 Å². The zero-order valence-electron chi connectivity index (χ0n) is 10.7. The molecule has 0 aromatic carbocycles. The van der Waals surface area contributed by atoms with E-state index in [9.17, 15) is 5.11 Å². The molecule has 0 heterocycles. The van der Waals surface area contributed by atoms with E-state index in [0.717, 1.165) is 6.42 Å². The fourth-order valence-electron chi connectivity index (χ4n) is 1.30. The van der Waals surface area contributed by atoms with Crippen LogP contribution >= 0.6 is 0 Å². The molecular weight excluding hydrogens is 202 g/mol. The number of aliphatic hydroxyl groups excluding tert-OH is 1. The maximum Gasteiger partial charge on any atom is 0.0897 e. The first-order chi connectivity index (χ1) is 7.60. The maximum absolute atomic E-state index is 9.64.